The van der Waals surface area contributed by atoms with Crippen LogP contribution in [0.15, 0.2) is 24.3 Å². The van der Waals surface area contributed by atoms with E-state index in [0.717, 1.165) is 37.6 Å². The maximum atomic E-state index is 10.7. The molecule has 2 rings (SSSR count). The normalized spacial score (nSPS) is 16.4. The standard InChI is InChI=1S/C14H20N2O3/c1-2-19-13-6-4-3-5-12(13)16-9-7-15(8-10-16)11-14(17)18/h3-6H,2,7-11H2,1H3,(H,17,18). The maximum Gasteiger partial charge on any atom is 0.317 e. The first-order valence-electron chi connectivity index (χ1n) is 6.61. The van der Waals surface area contributed by atoms with E-state index in [4.69, 9.17) is 9.84 Å². The summed E-state index contributed by atoms with van der Waals surface area (Å²) in [6, 6.07) is 8.00. The largest absolute Gasteiger partial charge is 0.492 e. The first-order chi connectivity index (χ1) is 9.20. The number of carboxylic acids is 1. The first kappa shape index (κ1) is 13.7. The van der Waals surface area contributed by atoms with Crippen molar-refractivity contribution >= 4 is 11.7 Å². The SMILES string of the molecule is CCOc1ccccc1N1CCN(CC(=O)O)CC1. The van der Waals surface area contributed by atoms with E-state index in [1.165, 1.54) is 0 Å². The number of anilines is 1. The third-order valence-electron chi connectivity index (χ3n) is 3.24. The number of carboxylic acid groups (broad SMARTS) is 1. The van der Waals surface area contributed by atoms with Gasteiger partial charge in [0.1, 0.15) is 5.75 Å². The van der Waals surface area contributed by atoms with Gasteiger partial charge in [0, 0.05) is 26.2 Å². The molecule has 1 aliphatic rings. The first-order valence-corrected chi connectivity index (χ1v) is 6.61. The van der Waals surface area contributed by atoms with Gasteiger partial charge in [0.25, 0.3) is 0 Å². The van der Waals surface area contributed by atoms with Crippen molar-refractivity contribution in [3.63, 3.8) is 0 Å². The van der Waals surface area contributed by atoms with Gasteiger partial charge in [-0.2, -0.15) is 0 Å². The van der Waals surface area contributed by atoms with E-state index in [1.807, 2.05) is 30.0 Å². The van der Waals surface area contributed by atoms with Crippen molar-refractivity contribution in [3.8, 4) is 5.75 Å². The summed E-state index contributed by atoms with van der Waals surface area (Å²) in [6.45, 7) is 5.95. The highest BCUT2D eigenvalue weighted by molar-refractivity contribution is 5.69. The van der Waals surface area contributed by atoms with Gasteiger partial charge < -0.3 is 14.7 Å². The number of carbonyl (C=O) groups is 1. The minimum atomic E-state index is -0.761. The predicted molar refractivity (Wildman–Crippen MR) is 73.9 cm³/mol. The van der Waals surface area contributed by atoms with Crippen LogP contribution in [0.3, 0.4) is 0 Å². The Morgan fingerprint density at radius 2 is 1.95 bits per heavy atom. The van der Waals surface area contributed by atoms with Gasteiger partial charge in [0.2, 0.25) is 0 Å². The number of rotatable bonds is 5. The summed E-state index contributed by atoms with van der Waals surface area (Å²) < 4.78 is 5.63. The Balaban J connectivity index is 1.99. The Labute approximate surface area is 113 Å². The molecule has 19 heavy (non-hydrogen) atoms. The second-order valence-corrected chi connectivity index (χ2v) is 4.56. The van der Waals surface area contributed by atoms with Gasteiger partial charge in [-0.05, 0) is 19.1 Å². The molecule has 0 unspecified atom stereocenters. The molecule has 1 aliphatic heterocycles. The van der Waals surface area contributed by atoms with Crippen molar-refractivity contribution in [1.29, 1.82) is 0 Å². The molecule has 1 fully saturated rings. The Kier molecular flexibility index (Phi) is 4.63. The van der Waals surface area contributed by atoms with E-state index < -0.39 is 5.97 Å². The summed E-state index contributed by atoms with van der Waals surface area (Å²) >= 11 is 0. The minimum Gasteiger partial charge on any atom is -0.492 e. The lowest BCUT2D eigenvalue weighted by molar-refractivity contribution is -0.138. The van der Waals surface area contributed by atoms with Gasteiger partial charge in [-0.15, -0.1) is 0 Å². The highest BCUT2D eigenvalue weighted by Crippen LogP contribution is 2.28. The lowest BCUT2D eigenvalue weighted by Gasteiger charge is -2.35. The summed E-state index contributed by atoms with van der Waals surface area (Å²) in [5.74, 6) is 0.139. The minimum absolute atomic E-state index is 0.126. The number of hydrogen-bond acceptors (Lipinski definition) is 4. The van der Waals surface area contributed by atoms with Crippen molar-refractivity contribution in [2.45, 2.75) is 6.92 Å². The van der Waals surface area contributed by atoms with Crippen molar-refractivity contribution < 1.29 is 14.6 Å². The Hall–Kier alpha value is -1.75. The summed E-state index contributed by atoms with van der Waals surface area (Å²) in [5, 5.41) is 8.79. The molecule has 0 spiro atoms. The topological polar surface area (TPSA) is 53.0 Å². The molecule has 0 radical (unpaired) electrons. The van der Waals surface area contributed by atoms with Crippen LogP contribution < -0.4 is 9.64 Å². The van der Waals surface area contributed by atoms with E-state index in [9.17, 15) is 4.79 Å². The van der Waals surface area contributed by atoms with Crippen molar-refractivity contribution in [1.82, 2.24) is 4.90 Å². The number of aliphatic carboxylic acids is 1. The van der Waals surface area contributed by atoms with Crippen LogP contribution in [0.5, 0.6) is 5.75 Å². The molecule has 104 valence electrons. The Bertz CT molecular complexity index is 428. The number of ether oxygens (including phenoxy) is 1. The fraction of sp³-hybridized carbons (Fsp3) is 0.500. The number of benzene rings is 1. The van der Waals surface area contributed by atoms with Crippen LogP contribution in [0.25, 0.3) is 0 Å². The van der Waals surface area contributed by atoms with Crippen LogP contribution in [0.1, 0.15) is 6.92 Å². The molecule has 5 heteroatoms. The second kappa shape index (κ2) is 6.43. The van der Waals surface area contributed by atoms with Crippen molar-refractivity contribution in [2.75, 3.05) is 44.2 Å². The highest BCUT2D eigenvalue weighted by Gasteiger charge is 2.20. The quantitative estimate of drug-likeness (QED) is 0.868. The molecule has 1 saturated heterocycles. The molecule has 0 saturated carbocycles. The zero-order valence-corrected chi connectivity index (χ0v) is 11.2. The molecule has 0 amide bonds. The zero-order chi connectivity index (χ0) is 13.7. The summed E-state index contributed by atoms with van der Waals surface area (Å²) in [7, 11) is 0. The monoisotopic (exact) mass is 264 g/mol. The zero-order valence-electron chi connectivity index (χ0n) is 11.2. The van der Waals surface area contributed by atoms with Crippen LogP contribution in [0.2, 0.25) is 0 Å². The van der Waals surface area contributed by atoms with Crippen LogP contribution in [0.4, 0.5) is 5.69 Å². The van der Waals surface area contributed by atoms with Crippen LogP contribution in [-0.2, 0) is 4.79 Å². The van der Waals surface area contributed by atoms with Gasteiger partial charge in [-0.3, -0.25) is 9.69 Å². The average molecular weight is 264 g/mol. The van der Waals surface area contributed by atoms with Gasteiger partial charge in [0.05, 0.1) is 18.8 Å². The average Bonchev–Trinajstić information content (AvgIpc) is 2.40. The van der Waals surface area contributed by atoms with Crippen LogP contribution in [0, 0.1) is 0 Å². The van der Waals surface area contributed by atoms with E-state index >= 15 is 0 Å². The molecule has 1 aromatic carbocycles. The third kappa shape index (κ3) is 3.61. The summed E-state index contributed by atoms with van der Waals surface area (Å²) in [6.07, 6.45) is 0. The van der Waals surface area contributed by atoms with E-state index in [-0.39, 0.29) is 6.54 Å². The number of nitrogens with zero attached hydrogens (tertiary/aromatic N) is 2. The highest BCUT2D eigenvalue weighted by atomic mass is 16.5. The molecule has 1 N–H and O–H groups in total. The molecular weight excluding hydrogens is 244 g/mol. The molecular formula is C14H20N2O3. The summed E-state index contributed by atoms with van der Waals surface area (Å²) in [5.41, 5.74) is 1.10. The molecule has 1 heterocycles. The van der Waals surface area contributed by atoms with E-state index in [0.29, 0.717) is 6.61 Å². The second-order valence-electron chi connectivity index (χ2n) is 4.56. The lowest BCUT2D eigenvalue weighted by Crippen LogP contribution is -2.48. The molecule has 0 atom stereocenters. The van der Waals surface area contributed by atoms with Crippen LogP contribution >= 0.6 is 0 Å². The van der Waals surface area contributed by atoms with Crippen molar-refractivity contribution in [3.05, 3.63) is 24.3 Å². The van der Waals surface area contributed by atoms with Crippen LogP contribution in [-0.4, -0.2) is 55.3 Å². The fourth-order valence-corrected chi connectivity index (χ4v) is 2.33. The van der Waals surface area contributed by atoms with Gasteiger partial charge in [0.15, 0.2) is 0 Å². The number of para-hydroxylation sites is 2. The van der Waals surface area contributed by atoms with Gasteiger partial charge >= 0.3 is 5.97 Å². The third-order valence-corrected chi connectivity index (χ3v) is 3.24. The summed E-state index contributed by atoms with van der Waals surface area (Å²) in [4.78, 5) is 14.9. The lowest BCUT2D eigenvalue weighted by atomic mass is 10.2. The number of hydrogen-bond donors (Lipinski definition) is 1. The van der Waals surface area contributed by atoms with Crippen molar-refractivity contribution in [2.24, 2.45) is 0 Å². The Morgan fingerprint density at radius 1 is 1.26 bits per heavy atom. The van der Waals surface area contributed by atoms with E-state index in [1.54, 1.807) is 0 Å². The maximum absolute atomic E-state index is 10.7. The molecule has 0 aromatic heterocycles. The molecule has 0 aliphatic carbocycles. The molecule has 0 bridgehead atoms. The molecule has 5 nitrogen and oxygen atoms in total. The predicted octanol–water partition coefficient (Wildman–Crippen LogP) is 1.29. The Morgan fingerprint density at radius 3 is 2.58 bits per heavy atom. The van der Waals surface area contributed by atoms with E-state index in [2.05, 4.69) is 11.0 Å². The molecule has 1 aromatic rings. The smallest absolute Gasteiger partial charge is 0.317 e. The number of piperazine rings is 1. The van der Waals surface area contributed by atoms with Gasteiger partial charge in [-0.1, -0.05) is 12.1 Å². The van der Waals surface area contributed by atoms with Gasteiger partial charge in [-0.25, -0.2) is 0 Å². The fourth-order valence-electron chi connectivity index (χ4n) is 2.33.